The number of aliphatic carboxylic acids is 1. The number of aromatic nitrogens is 2. The van der Waals surface area contributed by atoms with Crippen LogP contribution < -0.4 is 5.32 Å². The number of hydrogen-bond acceptors (Lipinski definition) is 3. The Morgan fingerprint density at radius 3 is 3.09 bits per heavy atom. The fourth-order valence-electron chi connectivity index (χ4n) is 0.676. The second kappa shape index (κ2) is 3.05. The molecule has 0 fully saturated rings. The molecule has 11 heavy (non-hydrogen) atoms. The normalized spacial score (nSPS) is 9.55. The molecule has 0 aliphatic rings. The Morgan fingerprint density at radius 2 is 2.64 bits per heavy atom. The predicted octanol–water partition coefficient (Wildman–Crippen LogP) is -0.0834. The Hall–Kier alpha value is -1.52. The van der Waals surface area contributed by atoms with Crippen molar-refractivity contribution in [3.63, 3.8) is 0 Å². The van der Waals surface area contributed by atoms with Gasteiger partial charge in [0.1, 0.15) is 12.4 Å². The third kappa shape index (κ3) is 2.29. The van der Waals surface area contributed by atoms with Gasteiger partial charge >= 0.3 is 5.97 Å². The van der Waals surface area contributed by atoms with Gasteiger partial charge in [0.2, 0.25) is 0 Å². The summed E-state index contributed by atoms with van der Waals surface area (Å²) >= 11 is 0. The second-order valence-electron chi connectivity index (χ2n) is 2.12. The summed E-state index contributed by atoms with van der Waals surface area (Å²) in [6.07, 6.45) is 1.74. The summed E-state index contributed by atoms with van der Waals surface area (Å²) in [7, 11) is 1.77. The Bertz CT molecular complexity index is 256. The van der Waals surface area contributed by atoms with Gasteiger partial charge < -0.3 is 10.4 Å². The van der Waals surface area contributed by atoms with Gasteiger partial charge in [0.05, 0.1) is 0 Å². The SMILES string of the molecule is Cn1ccc(NCC(=O)O)n1. The molecule has 0 saturated heterocycles. The minimum absolute atomic E-state index is 0.100. The molecular formula is C6H9N3O2. The third-order valence-electron chi connectivity index (χ3n) is 1.13. The second-order valence-corrected chi connectivity index (χ2v) is 2.12. The van der Waals surface area contributed by atoms with Gasteiger partial charge in [-0.05, 0) is 0 Å². The van der Waals surface area contributed by atoms with Crippen LogP contribution in [0.5, 0.6) is 0 Å². The molecule has 1 rings (SSSR count). The van der Waals surface area contributed by atoms with Crippen molar-refractivity contribution in [3.05, 3.63) is 12.3 Å². The topological polar surface area (TPSA) is 67.2 Å². The minimum Gasteiger partial charge on any atom is -0.480 e. The molecule has 0 unspecified atom stereocenters. The van der Waals surface area contributed by atoms with Crippen LogP contribution in [0.4, 0.5) is 5.82 Å². The van der Waals surface area contributed by atoms with Crippen molar-refractivity contribution >= 4 is 11.8 Å². The van der Waals surface area contributed by atoms with E-state index in [0.29, 0.717) is 5.82 Å². The van der Waals surface area contributed by atoms with E-state index in [0.717, 1.165) is 0 Å². The van der Waals surface area contributed by atoms with Crippen molar-refractivity contribution in [3.8, 4) is 0 Å². The zero-order chi connectivity index (χ0) is 8.27. The Morgan fingerprint density at radius 1 is 1.91 bits per heavy atom. The number of carboxylic acids is 1. The largest absolute Gasteiger partial charge is 0.480 e. The molecule has 1 heterocycles. The number of nitrogens with one attached hydrogen (secondary N) is 1. The van der Waals surface area contributed by atoms with E-state index in [1.54, 1.807) is 24.0 Å². The molecule has 0 spiro atoms. The van der Waals surface area contributed by atoms with E-state index in [-0.39, 0.29) is 6.54 Å². The lowest BCUT2D eigenvalue weighted by Crippen LogP contribution is -2.12. The smallest absolute Gasteiger partial charge is 0.322 e. The quantitative estimate of drug-likeness (QED) is 0.640. The van der Waals surface area contributed by atoms with Crippen LogP contribution in [0.3, 0.4) is 0 Å². The highest BCUT2D eigenvalue weighted by atomic mass is 16.4. The number of nitrogens with zero attached hydrogens (tertiary/aromatic N) is 2. The maximum atomic E-state index is 10.1. The molecule has 0 atom stereocenters. The number of carboxylic acid groups (broad SMARTS) is 1. The standard InChI is InChI=1S/C6H9N3O2/c1-9-3-2-5(8-9)7-4-6(10)11/h2-3H,4H2,1H3,(H,7,8)(H,10,11). The molecule has 5 heteroatoms. The van der Waals surface area contributed by atoms with E-state index in [4.69, 9.17) is 5.11 Å². The van der Waals surface area contributed by atoms with Crippen molar-refractivity contribution in [1.29, 1.82) is 0 Å². The molecule has 0 aromatic carbocycles. The van der Waals surface area contributed by atoms with Crippen LogP contribution in [0.15, 0.2) is 12.3 Å². The molecule has 60 valence electrons. The van der Waals surface area contributed by atoms with Crippen molar-refractivity contribution < 1.29 is 9.90 Å². The summed E-state index contributed by atoms with van der Waals surface area (Å²) in [5.74, 6) is -0.314. The zero-order valence-electron chi connectivity index (χ0n) is 6.11. The van der Waals surface area contributed by atoms with Crippen molar-refractivity contribution in [2.24, 2.45) is 7.05 Å². The van der Waals surface area contributed by atoms with Crippen LogP contribution in [0.2, 0.25) is 0 Å². The first-order valence-electron chi connectivity index (χ1n) is 3.14. The molecule has 0 amide bonds. The Kier molecular flexibility index (Phi) is 2.10. The van der Waals surface area contributed by atoms with Crippen LogP contribution in [0, 0.1) is 0 Å². The van der Waals surface area contributed by atoms with Gasteiger partial charge in [-0.25, -0.2) is 0 Å². The van der Waals surface area contributed by atoms with Crippen molar-refractivity contribution in [2.45, 2.75) is 0 Å². The van der Waals surface area contributed by atoms with Crippen LogP contribution in [0.1, 0.15) is 0 Å². The minimum atomic E-state index is -0.893. The number of aryl methyl sites for hydroxylation is 1. The highest BCUT2D eigenvalue weighted by molar-refractivity contribution is 5.72. The molecule has 1 aromatic rings. The first-order valence-corrected chi connectivity index (χ1v) is 3.14. The Balaban J connectivity index is 2.45. The average molecular weight is 155 g/mol. The molecule has 5 nitrogen and oxygen atoms in total. The lowest BCUT2D eigenvalue weighted by molar-refractivity contribution is -0.134. The van der Waals surface area contributed by atoms with Gasteiger partial charge in [-0.3, -0.25) is 9.48 Å². The van der Waals surface area contributed by atoms with E-state index in [2.05, 4.69) is 10.4 Å². The van der Waals surface area contributed by atoms with E-state index >= 15 is 0 Å². The molecule has 0 saturated carbocycles. The summed E-state index contributed by atoms with van der Waals surface area (Å²) in [5.41, 5.74) is 0. The van der Waals surface area contributed by atoms with Gasteiger partial charge in [-0.15, -0.1) is 0 Å². The summed E-state index contributed by atoms with van der Waals surface area (Å²) in [4.78, 5) is 10.1. The lowest BCUT2D eigenvalue weighted by Gasteiger charge is -1.95. The van der Waals surface area contributed by atoms with Crippen LogP contribution >= 0.6 is 0 Å². The first kappa shape index (κ1) is 7.59. The van der Waals surface area contributed by atoms with Gasteiger partial charge in [0, 0.05) is 19.3 Å². The van der Waals surface area contributed by atoms with Crippen LogP contribution in [-0.4, -0.2) is 27.4 Å². The highest BCUT2D eigenvalue weighted by Gasteiger charge is 1.97. The van der Waals surface area contributed by atoms with Gasteiger partial charge in [0.25, 0.3) is 0 Å². The molecule has 0 radical (unpaired) electrons. The first-order chi connectivity index (χ1) is 5.18. The molecule has 0 bridgehead atoms. The summed E-state index contributed by atoms with van der Waals surface area (Å²) in [5, 5.41) is 14.8. The summed E-state index contributed by atoms with van der Waals surface area (Å²) < 4.78 is 1.60. The molecule has 2 N–H and O–H groups in total. The van der Waals surface area contributed by atoms with Gasteiger partial charge in [0.15, 0.2) is 0 Å². The fourth-order valence-corrected chi connectivity index (χ4v) is 0.676. The van der Waals surface area contributed by atoms with Gasteiger partial charge in [-0.1, -0.05) is 0 Å². The molecule has 0 aliphatic heterocycles. The monoisotopic (exact) mass is 155 g/mol. The lowest BCUT2D eigenvalue weighted by atomic mass is 10.6. The third-order valence-corrected chi connectivity index (χ3v) is 1.13. The van der Waals surface area contributed by atoms with Crippen molar-refractivity contribution in [1.82, 2.24) is 9.78 Å². The summed E-state index contributed by atoms with van der Waals surface area (Å²) in [6, 6.07) is 1.71. The van der Waals surface area contributed by atoms with Crippen molar-refractivity contribution in [2.75, 3.05) is 11.9 Å². The van der Waals surface area contributed by atoms with E-state index < -0.39 is 5.97 Å². The predicted molar refractivity (Wildman–Crippen MR) is 39.3 cm³/mol. The maximum Gasteiger partial charge on any atom is 0.322 e. The van der Waals surface area contributed by atoms with E-state index in [1.165, 1.54) is 0 Å². The van der Waals surface area contributed by atoms with Crippen LogP contribution in [-0.2, 0) is 11.8 Å². The van der Waals surface area contributed by atoms with E-state index in [9.17, 15) is 4.79 Å². The molecule has 1 aromatic heterocycles. The Labute approximate surface area is 63.6 Å². The number of hydrogen-bond donors (Lipinski definition) is 2. The van der Waals surface area contributed by atoms with E-state index in [1.807, 2.05) is 0 Å². The average Bonchev–Trinajstić information content (AvgIpc) is 2.31. The number of anilines is 1. The maximum absolute atomic E-state index is 10.1. The zero-order valence-corrected chi connectivity index (χ0v) is 6.11. The van der Waals surface area contributed by atoms with Gasteiger partial charge in [-0.2, -0.15) is 5.10 Å². The number of carbonyl (C=O) groups is 1. The summed E-state index contributed by atoms with van der Waals surface area (Å²) in [6.45, 7) is -0.100. The molecule has 0 aliphatic carbocycles. The number of rotatable bonds is 3. The highest BCUT2D eigenvalue weighted by Crippen LogP contribution is 1.98. The van der Waals surface area contributed by atoms with Crippen LogP contribution in [0.25, 0.3) is 0 Å². The fraction of sp³-hybridized carbons (Fsp3) is 0.333. The molecular weight excluding hydrogens is 146 g/mol.